The van der Waals surface area contributed by atoms with Crippen molar-refractivity contribution in [2.75, 3.05) is 19.0 Å². The van der Waals surface area contributed by atoms with E-state index in [9.17, 15) is 20.1 Å². The summed E-state index contributed by atoms with van der Waals surface area (Å²) in [6.45, 7) is 4.18. The average Bonchev–Trinajstić information content (AvgIpc) is 2.66. The lowest BCUT2D eigenvalue weighted by Gasteiger charge is -2.29. The zero-order chi connectivity index (χ0) is 19.8. The number of carbonyl (C=O) groups is 2. The molecular formula is C19H19N3O4S. The van der Waals surface area contributed by atoms with Gasteiger partial charge in [-0.2, -0.15) is 10.5 Å². The topological polar surface area (TPSA) is 112 Å². The Labute approximate surface area is 161 Å². The second kappa shape index (κ2) is 9.65. The number of rotatable bonds is 7. The summed E-state index contributed by atoms with van der Waals surface area (Å²) < 4.78 is 10.5. The van der Waals surface area contributed by atoms with Crippen molar-refractivity contribution in [2.24, 2.45) is 5.92 Å². The first-order valence-electron chi connectivity index (χ1n) is 8.42. The molecule has 0 saturated heterocycles. The molecule has 0 spiro atoms. The Morgan fingerprint density at radius 3 is 2.63 bits per heavy atom. The summed E-state index contributed by atoms with van der Waals surface area (Å²) in [5.41, 5.74) is 0.814. The van der Waals surface area contributed by atoms with Crippen LogP contribution in [0.3, 0.4) is 0 Å². The maximum Gasteiger partial charge on any atom is 0.316 e. The molecule has 1 amide bonds. The van der Waals surface area contributed by atoms with Gasteiger partial charge in [-0.05, 0) is 19.9 Å². The van der Waals surface area contributed by atoms with Gasteiger partial charge in [0.05, 0.1) is 47.6 Å². The van der Waals surface area contributed by atoms with Crippen LogP contribution in [0.25, 0.3) is 0 Å². The summed E-state index contributed by atoms with van der Waals surface area (Å²) in [7, 11) is 0. The second-order valence-corrected chi connectivity index (χ2v) is 6.48. The van der Waals surface area contributed by atoms with E-state index >= 15 is 0 Å². The van der Waals surface area contributed by atoms with E-state index in [2.05, 4.69) is 11.4 Å². The third-order valence-electron chi connectivity index (χ3n) is 3.86. The highest BCUT2D eigenvalue weighted by Crippen LogP contribution is 2.42. The van der Waals surface area contributed by atoms with Crippen LogP contribution in [0.15, 0.2) is 34.9 Å². The SMILES string of the molecule is CCOC(=O)CSC1=C(C#N)[C@@H](c2ccccc2OCC)[C@@H](C#N)C(=O)N1. The van der Waals surface area contributed by atoms with Crippen molar-refractivity contribution in [3.63, 3.8) is 0 Å². The van der Waals surface area contributed by atoms with Crippen molar-refractivity contribution in [3.8, 4) is 17.9 Å². The molecule has 1 aliphatic rings. The van der Waals surface area contributed by atoms with E-state index in [1.54, 1.807) is 31.2 Å². The van der Waals surface area contributed by atoms with Crippen LogP contribution in [0.5, 0.6) is 5.75 Å². The summed E-state index contributed by atoms with van der Waals surface area (Å²) in [6, 6.07) is 11.1. The van der Waals surface area contributed by atoms with Crippen LogP contribution in [-0.2, 0) is 14.3 Å². The van der Waals surface area contributed by atoms with Gasteiger partial charge in [0.25, 0.3) is 0 Å². The molecule has 0 aliphatic carbocycles. The van der Waals surface area contributed by atoms with E-state index in [0.717, 1.165) is 11.8 Å². The normalized spacial score (nSPS) is 18.9. The number of nitrogens with one attached hydrogen (secondary N) is 1. The number of nitriles is 2. The van der Waals surface area contributed by atoms with Crippen molar-refractivity contribution in [1.29, 1.82) is 10.5 Å². The van der Waals surface area contributed by atoms with Gasteiger partial charge in [-0.25, -0.2) is 0 Å². The number of hydrogen-bond acceptors (Lipinski definition) is 7. The van der Waals surface area contributed by atoms with Gasteiger partial charge in [0.1, 0.15) is 11.7 Å². The predicted octanol–water partition coefficient (Wildman–Crippen LogP) is 2.47. The molecule has 1 aromatic rings. The number of amides is 1. The van der Waals surface area contributed by atoms with Crippen LogP contribution < -0.4 is 10.1 Å². The molecule has 27 heavy (non-hydrogen) atoms. The first kappa shape index (κ1) is 20.3. The van der Waals surface area contributed by atoms with Gasteiger partial charge in [0.2, 0.25) is 5.91 Å². The van der Waals surface area contributed by atoms with Crippen LogP contribution in [0.4, 0.5) is 0 Å². The van der Waals surface area contributed by atoms with Crippen molar-refractivity contribution in [1.82, 2.24) is 5.32 Å². The fourth-order valence-corrected chi connectivity index (χ4v) is 3.62. The standard InChI is InChI=1S/C19H19N3O4S/c1-3-25-15-8-6-5-7-12(15)17-13(9-20)18(24)22-19(14(17)10-21)27-11-16(23)26-4-2/h5-8,13,17H,3-4,11H2,1-2H3,(H,22,24)/t13-,17+/m1/s1. The number of hydrogen-bond donors (Lipinski definition) is 1. The number of esters is 1. The number of nitrogens with zero attached hydrogens (tertiary/aromatic N) is 2. The van der Waals surface area contributed by atoms with Crippen molar-refractivity contribution < 1.29 is 19.1 Å². The molecule has 1 heterocycles. The van der Waals surface area contributed by atoms with E-state index in [0.29, 0.717) is 17.9 Å². The monoisotopic (exact) mass is 385 g/mol. The maximum atomic E-state index is 12.5. The van der Waals surface area contributed by atoms with Crippen LogP contribution in [0.1, 0.15) is 25.3 Å². The minimum Gasteiger partial charge on any atom is -0.494 e. The molecule has 7 nitrogen and oxygen atoms in total. The van der Waals surface area contributed by atoms with Gasteiger partial charge in [-0.15, -0.1) is 0 Å². The molecule has 1 aliphatic heterocycles. The quantitative estimate of drug-likeness (QED) is 0.717. The first-order valence-corrected chi connectivity index (χ1v) is 9.40. The lowest BCUT2D eigenvalue weighted by Crippen LogP contribution is -2.39. The van der Waals surface area contributed by atoms with Crippen molar-refractivity contribution >= 4 is 23.6 Å². The van der Waals surface area contributed by atoms with Gasteiger partial charge in [-0.3, -0.25) is 9.59 Å². The van der Waals surface area contributed by atoms with Gasteiger partial charge in [-0.1, -0.05) is 30.0 Å². The van der Waals surface area contributed by atoms with Crippen molar-refractivity contribution in [3.05, 3.63) is 40.4 Å². The summed E-state index contributed by atoms with van der Waals surface area (Å²) in [6.07, 6.45) is 0. The molecule has 140 valence electrons. The highest BCUT2D eigenvalue weighted by Gasteiger charge is 2.40. The maximum absolute atomic E-state index is 12.5. The summed E-state index contributed by atoms with van der Waals surface area (Å²) in [4.78, 5) is 24.1. The fourth-order valence-electron chi connectivity index (χ4n) is 2.78. The van der Waals surface area contributed by atoms with Crippen LogP contribution >= 0.6 is 11.8 Å². The summed E-state index contributed by atoms with van der Waals surface area (Å²) in [5, 5.41) is 22.1. The molecule has 0 unspecified atom stereocenters. The van der Waals surface area contributed by atoms with Gasteiger partial charge >= 0.3 is 5.97 Å². The zero-order valence-corrected chi connectivity index (χ0v) is 15.8. The molecule has 0 bridgehead atoms. The van der Waals surface area contributed by atoms with E-state index in [1.807, 2.05) is 13.0 Å². The molecule has 2 rings (SSSR count). The molecule has 2 atom stereocenters. The summed E-state index contributed by atoms with van der Waals surface area (Å²) in [5.74, 6) is -2.35. The minimum atomic E-state index is -1.08. The molecule has 0 aromatic heterocycles. The number of ether oxygens (including phenoxy) is 2. The van der Waals surface area contributed by atoms with E-state index in [-0.39, 0.29) is 23.0 Å². The third-order valence-corrected chi connectivity index (χ3v) is 4.85. The molecule has 0 saturated carbocycles. The van der Waals surface area contributed by atoms with E-state index in [4.69, 9.17) is 9.47 Å². The number of para-hydroxylation sites is 1. The Morgan fingerprint density at radius 2 is 2.00 bits per heavy atom. The van der Waals surface area contributed by atoms with Gasteiger partial charge < -0.3 is 14.8 Å². The predicted molar refractivity (Wildman–Crippen MR) is 99.3 cm³/mol. The molecule has 1 aromatic carbocycles. The van der Waals surface area contributed by atoms with Crippen LogP contribution in [0, 0.1) is 28.6 Å². The lowest BCUT2D eigenvalue weighted by atomic mass is 9.79. The number of thioether (sulfide) groups is 1. The van der Waals surface area contributed by atoms with Gasteiger partial charge in [0, 0.05) is 5.56 Å². The van der Waals surface area contributed by atoms with Crippen molar-refractivity contribution in [2.45, 2.75) is 19.8 Å². The van der Waals surface area contributed by atoms with E-state index < -0.39 is 23.7 Å². The number of benzene rings is 1. The van der Waals surface area contributed by atoms with Crippen LogP contribution in [-0.4, -0.2) is 30.8 Å². The molecule has 0 radical (unpaired) electrons. The first-order chi connectivity index (χ1) is 13.1. The molecule has 0 fully saturated rings. The Hall–Kier alpha value is -2.97. The lowest BCUT2D eigenvalue weighted by molar-refractivity contribution is -0.139. The van der Waals surface area contributed by atoms with Gasteiger partial charge in [0.15, 0.2) is 0 Å². The number of allylic oxidation sites excluding steroid dienone is 1. The van der Waals surface area contributed by atoms with E-state index in [1.165, 1.54) is 0 Å². The number of carbonyl (C=O) groups excluding carboxylic acids is 2. The third kappa shape index (κ3) is 4.60. The fraction of sp³-hybridized carbons (Fsp3) is 0.368. The molecule has 8 heteroatoms. The highest BCUT2D eigenvalue weighted by atomic mass is 32.2. The Balaban J connectivity index is 2.49. The highest BCUT2D eigenvalue weighted by molar-refractivity contribution is 8.03. The largest absolute Gasteiger partial charge is 0.494 e. The Bertz CT molecular complexity index is 838. The minimum absolute atomic E-state index is 0.0499. The molecule has 1 N–H and O–H groups in total. The Morgan fingerprint density at radius 1 is 1.26 bits per heavy atom. The molecular weight excluding hydrogens is 366 g/mol. The zero-order valence-electron chi connectivity index (χ0n) is 15.0. The average molecular weight is 385 g/mol. The second-order valence-electron chi connectivity index (χ2n) is 5.49. The van der Waals surface area contributed by atoms with Crippen LogP contribution in [0.2, 0.25) is 0 Å². The summed E-state index contributed by atoms with van der Waals surface area (Å²) >= 11 is 1.01. The Kier molecular flexibility index (Phi) is 7.27. The smallest absolute Gasteiger partial charge is 0.316 e.